The first kappa shape index (κ1) is 15.4. The Labute approximate surface area is 117 Å². The van der Waals surface area contributed by atoms with Crippen LogP contribution in [0.5, 0.6) is 0 Å². The number of carboxylic acids is 1. The van der Waals surface area contributed by atoms with E-state index in [0.717, 1.165) is 12.8 Å². The summed E-state index contributed by atoms with van der Waals surface area (Å²) in [6, 6.07) is 7.88. The van der Waals surface area contributed by atoms with E-state index in [0.29, 0.717) is 5.56 Å². The standard InChI is InChI=1S/C15H15NO4/c1-2-3-8-20-15(19)12(10-16)9-11-6-4-5-7-13(11)14(17)18/h4-7,9H,2-3,8H2,1H3,(H,17,18). The maximum Gasteiger partial charge on any atom is 0.348 e. The van der Waals surface area contributed by atoms with E-state index in [1.807, 2.05) is 6.92 Å². The van der Waals surface area contributed by atoms with E-state index >= 15 is 0 Å². The Hall–Kier alpha value is -2.61. The van der Waals surface area contributed by atoms with Gasteiger partial charge in [-0.05, 0) is 24.1 Å². The fraction of sp³-hybridized carbons (Fsp3) is 0.267. The number of hydrogen-bond acceptors (Lipinski definition) is 4. The Morgan fingerprint density at radius 2 is 2.10 bits per heavy atom. The summed E-state index contributed by atoms with van der Waals surface area (Å²) in [4.78, 5) is 22.7. The van der Waals surface area contributed by atoms with Crippen LogP contribution in [0, 0.1) is 11.3 Å². The topological polar surface area (TPSA) is 87.4 Å². The molecule has 0 unspecified atom stereocenters. The van der Waals surface area contributed by atoms with Gasteiger partial charge in [0.2, 0.25) is 0 Å². The number of aromatic carboxylic acids is 1. The van der Waals surface area contributed by atoms with Crippen LogP contribution < -0.4 is 0 Å². The number of carboxylic acid groups (broad SMARTS) is 1. The number of rotatable bonds is 6. The van der Waals surface area contributed by atoms with Gasteiger partial charge in [-0.1, -0.05) is 31.5 Å². The zero-order valence-electron chi connectivity index (χ0n) is 11.1. The fourth-order valence-corrected chi connectivity index (χ4v) is 1.50. The lowest BCUT2D eigenvalue weighted by molar-refractivity contribution is -0.138. The molecule has 1 N–H and O–H groups in total. The smallest absolute Gasteiger partial charge is 0.348 e. The van der Waals surface area contributed by atoms with Gasteiger partial charge in [0.05, 0.1) is 12.2 Å². The molecular weight excluding hydrogens is 258 g/mol. The number of hydrogen-bond donors (Lipinski definition) is 1. The predicted molar refractivity (Wildman–Crippen MR) is 72.9 cm³/mol. The van der Waals surface area contributed by atoms with Crippen LogP contribution in [0.4, 0.5) is 0 Å². The highest BCUT2D eigenvalue weighted by molar-refractivity contribution is 6.00. The Balaban J connectivity index is 2.98. The summed E-state index contributed by atoms with van der Waals surface area (Å²) in [5.74, 6) is -1.85. The van der Waals surface area contributed by atoms with E-state index in [4.69, 9.17) is 15.1 Å². The van der Waals surface area contributed by atoms with Crippen molar-refractivity contribution >= 4 is 18.0 Å². The van der Waals surface area contributed by atoms with Gasteiger partial charge in [-0.25, -0.2) is 9.59 Å². The lowest BCUT2D eigenvalue weighted by Crippen LogP contribution is -2.08. The molecule has 0 bridgehead atoms. The Morgan fingerprint density at radius 3 is 2.70 bits per heavy atom. The minimum atomic E-state index is -1.12. The Bertz CT molecular complexity index is 569. The highest BCUT2D eigenvalue weighted by Gasteiger charge is 2.13. The van der Waals surface area contributed by atoms with Gasteiger partial charge in [-0.2, -0.15) is 5.26 Å². The Morgan fingerprint density at radius 1 is 1.40 bits per heavy atom. The third-order valence-corrected chi connectivity index (χ3v) is 2.56. The molecule has 20 heavy (non-hydrogen) atoms. The summed E-state index contributed by atoms with van der Waals surface area (Å²) in [6.45, 7) is 2.20. The first-order valence-electron chi connectivity index (χ1n) is 6.21. The van der Waals surface area contributed by atoms with Crippen LogP contribution in [-0.4, -0.2) is 23.7 Å². The summed E-state index contributed by atoms with van der Waals surface area (Å²) in [5.41, 5.74) is 0.111. The fourth-order valence-electron chi connectivity index (χ4n) is 1.50. The summed E-state index contributed by atoms with van der Waals surface area (Å²) < 4.78 is 4.93. The van der Waals surface area contributed by atoms with E-state index in [-0.39, 0.29) is 17.7 Å². The average Bonchev–Trinajstić information content (AvgIpc) is 2.45. The van der Waals surface area contributed by atoms with Gasteiger partial charge >= 0.3 is 11.9 Å². The highest BCUT2D eigenvalue weighted by atomic mass is 16.5. The molecule has 104 valence electrons. The minimum Gasteiger partial charge on any atom is -0.478 e. The molecule has 5 nitrogen and oxygen atoms in total. The van der Waals surface area contributed by atoms with Crippen LogP contribution in [0.2, 0.25) is 0 Å². The molecule has 0 saturated heterocycles. The molecule has 0 heterocycles. The summed E-state index contributed by atoms with van der Waals surface area (Å²) >= 11 is 0. The number of carbonyl (C=O) groups is 2. The second-order valence-electron chi connectivity index (χ2n) is 4.05. The van der Waals surface area contributed by atoms with Crippen molar-refractivity contribution in [2.75, 3.05) is 6.61 Å². The first-order chi connectivity index (χ1) is 9.60. The summed E-state index contributed by atoms with van der Waals surface area (Å²) in [7, 11) is 0. The quantitative estimate of drug-likeness (QED) is 0.372. The maximum absolute atomic E-state index is 11.7. The molecule has 0 fully saturated rings. The molecule has 0 saturated carbocycles. The molecule has 0 aliphatic carbocycles. The second kappa shape index (κ2) is 7.74. The van der Waals surface area contributed by atoms with Gasteiger partial charge in [0.1, 0.15) is 11.6 Å². The molecule has 0 amide bonds. The molecule has 0 aliphatic heterocycles. The zero-order chi connectivity index (χ0) is 15.0. The van der Waals surface area contributed by atoms with Crippen molar-refractivity contribution in [2.24, 2.45) is 0 Å². The number of nitrogens with zero attached hydrogens (tertiary/aromatic N) is 1. The van der Waals surface area contributed by atoms with Crippen LogP contribution >= 0.6 is 0 Å². The molecule has 0 atom stereocenters. The van der Waals surface area contributed by atoms with Crippen LogP contribution in [0.1, 0.15) is 35.7 Å². The number of carbonyl (C=O) groups excluding carboxylic acids is 1. The van der Waals surface area contributed by atoms with Gasteiger partial charge in [-0.3, -0.25) is 0 Å². The molecule has 0 aliphatic rings. The predicted octanol–water partition coefficient (Wildman–Crippen LogP) is 2.64. The largest absolute Gasteiger partial charge is 0.478 e. The molecule has 0 aromatic heterocycles. The van der Waals surface area contributed by atoms with Crippen LogP contribution in [0.15, 0.2) is 29.8 Å². The summed E-state index contributed by atoms with van der Waals surface area (Å²) in [6.07, 6.45) is 2.83. The van der Waals surface area contributed by atoms with Crippen molar-refractivity contribution in [3.63, 3.8) is 0 Å². The molecular formula is C15H15NO4. The summed E-state index contributed by atoms with van der Waals surface area (Å²) in [5, 5.41) is 18.0. The normalized spacial score (nSPS) is 10.7. The van der Waals surface area contributed by atoms with Crippen molar-refractivity contribution in [1.29, 1.82) is 5.26 Å². The van der Waals surface area contributed by atoms with Crippen LogP contribution in [-0.2, 0) is 9.53 Å². The van der Waals surface area contributed by atoms with Crippen molar-refractivity contribution in [1.82, 2.24) is 0 Å². The second-order valence-corrected chi connectivity index (χ2v) is 4.05. The van der Waals surface area contributed by atoms with E-state index < -0.39 is 11.9 Å². The lowest BCUT2D eigenvalue weighted by Gasteiger charge is -2.04. The van der Waals surface area contributed by atoms with E-state index in [1.54, 1.807) is 18.2 Å². The number of ether oxygens (including phenoxy) is 1. The minimum absolute atomic E-state index is 0.0293. The van der Waals surface area contributed by atoms with Crippen LogP contribution in [0.25, 0.3) is 6.08 Å². The van der Waals surface area contributed by atoms with E-state index in [2.05, 4.69) is 0 Å². The van der Waals surface area contributed by atoms with E-state index in [9.17, 15) is 9.59 Å². The maximum atomic E-state index is 11.7. The third-order valence-electron chi connectivity index (χ3n) is 2.56. The zero-order valence-corrected chi connectivity index (χ0v) is 11.1. The number of benzene rings is 1. The molecule has 1 rings (SSSR count). The number of esters is 1. The molecule has 1 aromatic rings. The molecule has 0 radical (unpaired) electrons. The number of nitriles is 1. The van der Waals surface area contributed by atoms with Crippen molar-refractivity contribution < 1.29 is 19.4 Å². The van der Waals surface area contributed by atoms with Gasteiger partial charge in [-0.15, -0.1) is 0 Å². The SMILES string of the molecule is CCCCOC(=O)C(C#N)=Cc1ccccc1C(=O)O. The highest BCUT2D eigenvalue weighted by Crippen LogP contribution is 2.14. The van der Waals surface area contributed by atoms with Gasteiger partial charge in [0, 0.05) is 0 Å². The average molecular weight is 273 g/mol. The van der Waals surface area contributed by atoms with Crippen LogP contribution in [0.3, 0.4) is 0 Å². The van der Waals surface area contributed by atoms with Crippen molar-refractivity contribution in [3.05, 3.63) is 41.0 Å². The number of unbranched alkanes of at least 4 members (excludes halogenated alkanes) is 1. The first-order valence-corrected chi connectivity index (χ1v) is 6.21. The monoisotopic (exact) mass is 273 g/mol. The lowest BCUT2D eigenvalue weighted by atomic mass is 10.1. The Kier molecular flexibility index (Phi) is 5.98. The van der Waals surface area contributed by atoms with Gasteiger partial charge < -0.3 is 9.84 Å². The van der Waals surface area contributed by atoms with E-state index in [1.165, 1.54) is 18.2 Å². The third kappa shape index (κ3) is 4.25. The van der Waals surface area contributed by atoms with Gasteiger partial charge in [0.25, 0.3) is 0 Å². The molecule has 1 aromatic carbocycles. The molecule has 5 heteroatoms. The molecule has 0 spiro atoms. The van der Waals surface area contributed by atoms with Crippen molar-refractivity contribution in [3.8, 4) is 6.07 Å². The van der Waals surface area contributed by atoms with Gasteiger partial charge in [0.15, 0.2) is 0 Å². The van der Waals surface area contributed by atoms with Crippen molar-refractivity contribution in [2.45, 2.75) is 19.8 Å².